The van der Waals surface area contributed by atoms with E-state index in [1.165, 1.54) is 12.1 Å². The number of benzene rings is 1. The average molecular weight is 239 g/mol. The van der Waals surface area contributed by atoms with Crippen LogP contribution in [0.5, 0.6) is 5.75 Å². The van der Waals surface area contributed by atoms with Gasteiger partial charge in [-0.15, -0.1) is 0 Å². The minimum Gasteiger partial charge on any atom is -0.490 e. The molecule has 0 aliphatic carbocycles. The number of hydrogen-bond acceptors (Lipinski definition) is 3. The molecule has 4 heteroatoms. The quantitative estimate of drug-likeness (QED) is 0.877. The van der Waals surface area contributed by atoms with Gasteiger partial charge in [-0.05, 0) is 25.8 Å². The summed E-state index contributed by atoms with van der Waals surface area (Å²) in [7, 11) is 0. The Bertz CT molecular complexity index is 376. The summed E-state index contributed by atoms with van der Waals surface area (Å²) < 4.78 is 24.2. The first-order valence-electron chi connectivity index (χ1n) is 5.96. The largest absolute Gasteiger partial charge is 0.490 e. The highest BCUT2D eigenvalue weighted by Crippen LogP contribution is 2.25. The van der Waals surface area contributed by atoms with Gasteiger partial charge in [0, 0.05) is 24.3 Å². The molecule has 17 heavy (non-hydrogen) atoms. The lowest BCUT2D eigenvalue weighted by Crippen LogP contribution is -2.18. The molecule has 1 saturated heterocycles. The number of rotatable bonds is 4. The smallest absolute Gasteiger partial charge is 0.127 e. The van der Waals surface area contributed by atoms with Gasteiger partial charge in [0.1, 0.15) is 18.2 Å². The second-order valence-corrected chi connectivity index (χ2v) is 4.42. The van der Waals surface area contributed by atoms with Crippen molar-refractivity contribution in [3.8, 4) is 5.75 Å². The fourth-order valence-corrected chi connectivity index (χ4v) is 1.97. The maximum Gasteiger partial charge on any atom is 0.127 e. The van der Waals surface area contributed by atoms with Gasteiger partial charge in [-0.1, -0.05) is 6.07 Å². The van der Waals surface area contributed by atoms with Crippen LogP contribution in [0.4, 0.5) is 4.39 Å². The van der Waals surface area contributed by atoms with Gasteiger partial charge >= 0.3 is 0 Å². The molecule has 1 heterocycles. The molecule has 3 nitrogen and oxygen atoms in total. The Labute approximate surface area is 101 Å². The fourth-order valence-electron chi connectivity index (χ4n) is 1.97. The zero-order valence-corrected chi connectivity index (χ0v) is 9.99. The molecule has 1 aliphatic heterocycles. The van der Waals surface area contributed by atoms with Crippen molar-refractivity contribution in [2.45, 2.75) is 31.9 Å². The van der Waals surface area contributed by atoms with Gasteiger partial charge < -0.3 is 15.2 Å². The third-order valence-corrected chi connectivity index (χ3v) is 2.91. The van der Waals surface area contributed by atoms with E-state index in [9.17, 15) is 4.39 Å². The predicted molar refractivity (Wildman–Crippen MR) is 63.5 cm³/mol. The van der Waals surface area contributed by atoms with Gasteiger partial charge in [0.25, 0.3) is 0 Å². The van der Waals surface area contributed by atoms with Crippen molar-refractivity contribution in [1.82, 2.24) is 0 Å². The van der Waals surface area contributed by atoms with E-state index in [1.807, 2.05) is 6.92 Å². The number of nitrogens with two attached hydrogens (primary N) is 1. The van der Waals surface area contributed by atoms with Crippen LogP contribution in [0.1, 0.15) is 31.4 Å². The first-order valence-corrected chi connectivity index (χ1v) is 5.96. The standard InChI is InChI=1S/C13H18FNO2/c1-9(15)12-5-4-10(14)7-13(12)17-8-11-3-2-6-16-11/h4-5,7,9,11H,2-3,6,8,15H2,1H3. The van der Waals surface area contributed by atoms with Crippen LogP contribution in [0.2, 0.25) is 0 Å². The van der Waals surface area contributed by atoms with Crippen molar-refractivity contribution in [3.63, 3.8) is 0 Å². The lowest BCUT2D eigenvalue weighted by Gasteiger charge is -2.16. The second-order valence-electron chi connectivity index (χ2n) is 4.42. The van der Waals surface area contributed by atoms with Gasteiger partial charge in [0.05, 0.1) is 6.10 Å². The zero-order valence-electron chi connectivity index (χ0n) is 9.99. The molecule has 94 valence electrons. The Morgan fingerprint density at radius 2 is 2.41 bits per heavy atom. The molecule has 1 aliphatic rings. The van der Waals surface area contributed by atoms with Crippen molar-refractivity contribution >= 4 is 0 Å². The molecule has 1 aromatic rings. The number of ether oxygens (including phenoxy) is 2. The summed E-state index contributed by atoms with van der Waals surface area (Å²) in [6.07, 6.45) is 2.19. The maximum absolute atomic E-state index is 13.2. The molecule has 0 bridgehead atoms. The molecule has 0 amide bonds. The maximum atomic E-state index is 13.2. The first-order chi connectivity index (χ1) is 8.16. The van der Waals surface area contributed by atoms with E-state index in [-0.39, 0.29) is 18.0 Å². The minimum atomic E-state index is -0.309. The summed E-state index contributed by atoms with van der Waals surface area (Å²) in [4.78, 5) is 0. The average Bonchev–Trinajstić information content (AvgIpc) is 2.78. The summed E-state index contributed by atoms with van der Waals surface area (Å²) in [6.45, 7) is 3.10. The Morgan fingerprint density at radius 3 is 3.06 bits per heavy atom. The molecule has 0 saturated carbocycles. The van der Waals surface area contributed by atoms with Crippen LogP contribution >= 0.6 is 0 Å². The molecule has 1 aromatic carbocycles. The number of halogens is 1. The van der Waals surface area contributed by atoms with Crippen LogP contribution in [0, 0.1) is 5.82 Å². The fraction of sp³-hybridized carbons (Fsp3) is 0.538. The SMILES string of the molecule is CC(N)c1ccc(F)cc1OCC1CCCO1. The summed E-state index contributed by atoms with van der Waals surface area (Å²) in [6, 6.07) is 4.28. The van der Waals surface area contributed by atoms with E-state index < -0.39 is 0 Å². The van der Waals surface area contributed by atoms with Gasteiger partial charge in [-0.3, -0.25) is 0 Å². The Kier molecular flexibility index (Phi) is 3.97. The van der Waals surface area contributed by atoms with Gasteiger partial charge in [0.15, 0.2) is 0 Å². The molecule has 0 radical (unpaired) electrons. The van der Waals surface area contributed by atoms with Crippen LogP contribution in [-0.4, -0.2) is 19.3 Å². The van der Waals surface area contributed by atoms with Crippen molar-refractivity contribution in [3.05, 3.63) is 29.6 Å². The van der Waals surface area contributed by atoms with Gasteiger partial charge in [-0.25, -0.2) is 4.39 Å². The lowest BCUT2D eigenvalue weighted by atomic mass is 10.1. The van der Waals surface area contributed by atoms with Crippen LogP contribution in [0.15, 0.2) is 18.2 Å². The molecule has 0 spiro atoms. The molecule has 2 rings (SSSR count). The molecule has 0 aromatic heterocycles. The van der Waals surface area contributed by atoms with Crippen LogP contribution < -0.4 is 10.5 Å². The molecule has 2 atom stereocenters. The molecule has 1 fully saturated rings. The Balaban J connectivity index is 2.04. The van der Waals surface area contributed by atoms with Gasteiger partial charge in [-0.2, -0.15) is 0 Å². The highest BCUT2D eigenvalue weighted by Gasteiger charge is 2.17. The normalized spacial score (nSPS) is 21.5. The Morgan fingerprint density at radius 1 is 1.59 bits per heavy atom. The van der Waals surface area contributed by atoms with Crippen LogP contribution in [0.25, 0.3) is 0 Å². The highest BCUT2D eigenvalue weighted by molar-refractivity contribution is 5.36. The predicted octanol–water partition coefficient (Wildman–Crippen LogP) is 2.40. The van der Waals surface area contributed by atoms with E-state index in [2.05, 4.69) is 0 Å². The summed E-state index contributed by atoms with van der Waals surface area (Å²) >= 11 is 0. The minimum absolute atomic E-state index is 0.124. The highest BCUT2D eigenvalue weighted by atomic mass is 19.1. The van der Waals surface area contributed by atoms with E-state index in [4.69, 9.17) is 15.2 Å². The molecular weight excluding hydrogens is 221 g/mol. The zero-order chi connectivity index (χ0) is 12.3. The second kappa shape index (κ2) is 5.47. The molecular formula is C13H18FNO2. The molecule has 2 unspecified atom stereocenters. The summed E-state index contributed by atoms with van der Waals surface area (Å²) in [5.41, 5.74) is 6.64. The third-order valence-electron chi connectivity index (χ3n) is 2.91. The van der Waals surface area contributed by atoms with Crippen molar-refractivity contribution < 1.29 is 13.9 Å². The van der Waals surface area contributed by atoms with Crippen molar-refractivity contribution in [2.24, 2.45) is 5.73 Å². The Hall–Kier alpha value is -1.13. The van der Waals surface area contributed by atoms with E-state index in [1.54, 1.807) is 6.07 Å². The van der Waals surface area contributed by atoms with Crippen molar-refractivity contribution in [1.29, 1.82) is 0 Å². The monoisotopic (exact) mass is 239 g/mol. The van der Waals surface area contributed by atoms with Crippen LogP contribution in [-0.2, 0) is 4.74 Å². The molecule has 2 N–H and O–H groups in total. The summed E-state index contributed by atoms with van der Waals surface area (Å²) in [5.74, 6) is 0.215. The van der Waals surface area contributed by atoms with Crippen LogP contribution in [0.3, 0.4) is 0 Å². The third kappa shape index (κ3) is 3.17. The van der Waals surface area contributed by atoms with Crippen molar-refractivity contribution in [2.75, 3.05) is 13.2 Å². The van der Waals surface area contributed by atoms with E-state index >= 15 is 0 Å². The van der Waals surface area contributed by atoms with E-state index in [0.29, 0.717) is 12.4 Å². The topological polar surface area (TPSA) is 44.5 Å². The first kappa shape index (κ1) is 12.3. The summed E-state index contributed by atoms with van der Waals surface area (Å²) in [5, 5.41) is 0. The lowest BCUT2D eigenvalue weighted by molar-refractivity contribution is 0.0674. The van der Waals surface area contributed by atoms with E-state index in [0.717, 1.165) is 25.0 Å². The van der Waals surface area contributed by atoms with Gasteiger partial charge in [0.2, 0.25) is 0 Å². The number of hydrogen-bond donors (Lipinski definition) is 1.